The number of hydrogen-bond donors (Lipinski definition) is 0. The highest BCUT2D eigenvalue weighted by Crippen LogP contribution is 2.21. The van der Waals surface area contributed by atoms with E-state index in [2.05, 4.69) is 6.92 Å². The minimum atomic E-state index is -3.65. The maximum Gasteiger partial charge on any atom is 0.296 e. The fourth-order valence-electron chi connectivity index (χ4n) is 1.69. The molecule has 5 heteroatoms. The lowest BCUT2D eigenvalue weighted by molar-refractivity contribution is 0.0608. The van der Waals surface area contributed by atoms with E-state index in [1.54, 1.807) is 19.1 Å². The highest BCUT2D eigenvalue weighted by molar-refractivity contribution is 7.90. The van der Waals surface area contributed by atoms with Gasteiger partial charge in [-0.3, -0.25) is 4.18 Å². The van der Waals surface area contributed by atoms with Crippen molar-refractivity contribution in [2.24, 2.45) is 5.92 Å². The largest absolute Gasteiger partial charge is 0.379 e. The third-order valence-electron chi connectivity index (χ3n) is 2.85. The van der Waals surface area contributed by atoms with Crippen molar-refractivity contribution < 1.29 is 17.3 Å². The zero-order chi connectivity index (χ0) is 14.3. The van der Waals surface area contributed by atoms with Gasteiger partial charge in [-0.1, -0.05) is 32.4 Å². The van der Waals surface area contributed by atoms with E-state index in [4.69, 9.17) is 8.92 Å². The lowest BCUT2D eigenvalue weighted by Crippen LogP contribution is -2.22. The molecule has 0 saturated heterocycles. The minimum Gasteiger partial charge on any atom is -0.379 e. The highest BCUT2D eigenvalue weighted by atomic mass is 32.2. The van der Waals surface area contributed by atoms with Crippen LogP contribution in [0.2, 0.25) is 0 Å². The van der Waals surface area contributed by atoms with Crippen molar-refractivity contribution in [2.45, 2.75) is 46.1 Å². The van der Waals surface area contributed by atoms with Crippen molar-refractivity contribution in [1.82, 2.24) is 0 Å². The molecule has 2 unspecified atom stereocenters. The smallest absolute Gasteiger partial charge is 0.296 e. The summed E-state index contributed by atoms with van der Waals surface area (Å²) >= 11 is 0. The predicted octanol–water partition coefficient (Wildman–Crippen LogP) is 3.02. The van der Waals surface area contributed by atoms with Crippen LogP contribution in [0, 0.1) is 5.92 Å². The van der Waals surface area contributed by atoms with E-state index >= 15 is 0 Å². The number of ether oxygens (including phenoxy) is 1. The van der Waals surface area contributed by atoms with Crippen LogP contribution in [-0.4, -0.2) is 27.7 Å². The summed E-state index contributed by atoms with van der Waals surface area (Å²) in [5.74, 6) is 0.383. The van der Waals surface area contributed by atoms with Crippen molar-refractivity contribution in [3.05, 3.63) is 23.1 Å². The van der Waals surface area contributed by atoms with Crippen LogP contribution in [0.3, 0.4) is 0 Å². The van der Waals surface area contributed by atoms with Gasteiger partial charge >= 0.3 is 0 Å². The lowest BCUT2D eigenvalue weighted by atomic mass is 10.0. The summed E-state index contributed by atoms with van der Waals surface area (Å²) in [6, 6.07) is 0. The molecule has 0 aromatic carbocycles. The second-order valence-corrected chi connectivity index (χ2v) is 6.54. The first-order valence-corrected chi connectivity index (χ1v) is 8.26. The molecule has 0 aromatic heterocycles. The Bertz CT molecular complexity index is 423. The first-order chi connectivity index (χ1) is 8.95. The molecule has 2 atom stereocenters. The normalized spacial score (nSPS) is 21.2. The fourth-order valence-corrected chi connectivity index (χ4v) is 2.83. The molecular formula is C14H24O4S. The first kappa shape index (κ1) is 16.4. The number of rotatable bonds is 8. The van der Waals surface area contributed by atoms with Gasteiger partial charge in [-0.15, -0.1) is 0 Å². The molecule has 0 aromatic rings. The summed E-state index contributed by atoms with van der Waals surface area (Å²) in [6.07, 6.45) is 7.53. The molecule has 1 aliphatic carbocycles. The Kier molecular flexibility index (Phi) is 6.75. The fraction of sp³-hybridized carbons (Fsp3) is 0.714. The van der Waals surface area contributed by atoms with E-state index in [1.807, 2.05) is 13.0 Å². The van der Waals surface area contributed by atoms with Gasteiger partial charge in [0, 0.05) is 6.61 Å². The van der Waals surface area contributed by atoms with Crippen molar-refractivity contribution >= 4 is 10.1 Å². The quantitative estimate of drug-likeness (QED) is 0.509. The average Bonchev–Trinajstić information content (AvgIpc) is 2.34. The Morgan fingerprint density at radius 2 is 2.21 bits per heavy atom. The summed E-state index contributed by atoms with van der Waals surface area (Å²) < 4.78 is 34.5. The summed E-state index contributed by atoms with van der Waals surface area (Å²) in [5.41, 5.74) is 0. The second kappa shape index (κ2) is 7.82. The van der Waals surface area contributed by atoms with Gasteiger partial charge in [0.2, 0.25) is 0 Å². The van der Waals surface area contributed by atoms with Gasteiger partial charge in [-0.2, -0.15) is 8.42 Å². The van der Waals surface area contributed by atoms with Crippen LogP contribution in [0.25, 0.3) is 0 Å². The van der Waals surface area contributed by atoms with E-state index in [9.17, 15) is 8.42 Å². The van der Waals surface area contributed by atoms with Crippen LogP contribution in [0.15, 0.2) is 23.1 Å². The van der Waals surface area contributed by atoms with Gasteiger partial charge < -0.3 is 4.74 Å². The standard InChI is InChI=1S/C14H24O4S/c1-4-5-10-17-11-13(3)18-19(15,16)14-8-6-12(2)7-9-14/h6,8-9,12-13H,4-5,7,10-11H2,1-3H3. The van der Waals surface area contributed by atoms with Gasteiger partial charge in [-0.05, 0) is 31.8 Å². The van der Waals surface area contributed by atoms with Crippen molar-refractivity contribution in [1.29, 1.82) is 0 Å². The maximum absolute atomic E-state index is 12.0. The Labute approximate surface area is 116 Å². The molecule has 19 heavy (non-hydrogen) atoms. The lowest BCUT2D eigenvalue weighted by Gasteiger charge is -2.16. The molecule has 0 N–H and O–H groups in total. The molecule has 110 valence electrons. The molecule has 0 bridgehead atoms. The third kappa shape index (κ3) is 5.89. The molecule has 0 radical (unpaired) electrons. The Balaban J connectivity index is 2.44. The Morgan fingerprint density at radius 3 is 2.79 bits per heavy atom. The molecule has 4 nitrogen and oxygen atoms in total. The maximum atomic E-state index is 12.0. The zero-order valence-corrected chi connectivity index (χ0v) is 12.8. The molecule has 0 fully saturated rings. The molecule has 0 saturated carbocycles. The molecule has 0 spiro atoms. The van der Waals surface area contributed by atoms with E-state index in [-0.39, 0.29) is 4.91 Å². The molecule has 0 heterocycles. The van der Waals surface area contributed by atoms with E-state index in [1.165, 1.54) is 0 Å². The van der Waals surface area contributed by atoms with Crippen LogP contribution in [0.1, 0.15) is 40.0 Å². The number of allylic oxidation sites excluding steroid dienone is 3. The average molecular weight is 288 g/mol. The van der Waals surface area contributed by atoms with Gasteiger partial charge in [0.15, 0.2) is 0 Å². The Hall–Kier alpha value is -0.650. The zero-order valence-electron chi connectivity index (χ0n) is 12.0. The number of hydrogen-bond acceptors (Lipinski definition) is 4. The number of unbranched alkanes of at least 4 members (excludes halogenated alkanes) is 1. The summed E-state index contributed by atoms with van der Waals surface area (Å²) in [6.45, 7) is 6.77. The first-order valence-electron chi connectivity index (χ1n) is 6.85. The van der Waals surface area contributed by atoms with Gasteiger partial charge in [-0.25, -0.2) is 0 Å². The van der Waals surface area contributed by atoms with Crippen LogP contribution in [0.5, 0.6) is 0 Å². The van der Waals surface area contributed by atoms with Crippen LogP contribution >= 0.6 is 0 Å². The van der Waals surface area contributed by atoms with Crippen molar-refractivity contribution in [3.63, 3.8) is 0 Å². The molecule has 0 amide bonds. The second-order valence-electron chi connectivity index (χ2n) is 4.97. The molecule has 0 aliphatic heterocycles. The van der Waals surface area contributed by atoms with E-state index in [0.717, 1.165) is 19.3 Å². The SMILES string of the molecule is CCCCOCC(C)OS(=O)(=O)C1=CCC(C)C=C1. The topological polar surface area (TPSA) is 52.6 Å². The highest BCUT2D eigenvalue weighted by Gasteiger charge is 2.22. The van der Waals surface area contributed by atoms with E-state index < -0.39 is 16.2 Å². The monoisotopic (exact) mass is 288 g/mol. The van der Waals surface area contributed by atoms with Crippen LogP contribution < -0.4 is 0 Å². The van der Waals surface area contributed by atoms with Crippen LogP contribution in [0.4, 0.5) is 0 Å². The summed E-state index contributed by atoms with van der Waals surface area (Å²) in [5, 5.41) is 0. The van der Waals surface area contributed by atoms with Crippen molar-refractivity contribution in [2.75, 3.05) is 13.2 Å². The van der Waals surface area contributed by atoms with Crippen LogP contribution in [-0.2, 0) is 19.0 Å². The van der Waals surface area contributed by atoms with Gasteiger partial charge in [0.1, 0.15) is 0 Å². The summed E-state index contributed by atoms with van der Waals surface area (Å²) in [4.78, 5) is 0.256. The Morgan fingerprint density at radius 1 is 1.47 bits per heavy atom. The van der Waals surface area contributed by atoms with Crippen molar-refractivity contribution in [3.8, 4) is 0 Å². The predicted molar refractivity (Wildman–Crippen MR) is 76.2 cm³/mol. The molecule has 1 aliphatic rings. The molecular weight excluding hydrogens is 264 g/mol. The minimum absolute atomic E-state index is 0.256. The van der Waals surface area contributed by atoms with E-state index in [0.29, 0.717) is 19.1 Å². The third-order valence-corrected chi connectivity index (χ3v) is 4.32. The van der Waals surface area contributed by atoms with Gasteiger partial charge in [0.25, 0.3) is 10.1 Å². The van der Waals surface area contributed by atoms with Gasteiger partial charge in [0.05, 0.1) is 17.6 Å². The summed E-state index contributed by atoms with van der Waals surface area (Å²) in [7, 11) is -3.65. The molecule has 1 rings (SSSR count).